The Morgan fingerprint density at radius 3 is 2.90 bits per heavy atom. The van der Waals surface area contributed by atoms with Crippen molar-refractivity contribution in [3.8, 4) is 11.3 Å². The summed E-state index contributed by atoms with van der Waals surface area (Å²) < 4.78 is 2.45. The fourth-order valence-electron chi connectivity index (χ4n) is 4.62. The van der Waals surface area contributed by atoms with Gasteiger partial charge >= 0.3 is 0 Å². The van der Waals surface area contributed by atoms with Crippen LogP contribution < -0.4 is 0 Å². The van der Waals surface area contributed by atoms with Crippen molar-refractivity contribution in [3.05, 3.63) is 84.8 Å². The van der Waals surface area contributed by atoms with E-state index in [0.717, 1.165) is 42.1 Å². The molecule has 5 heteroatoms. The first-order valence-corrected chi connectivity index (χ1v) is 10.5. The lowest BCUT2D eigenvalue weighted by Crippen LogP contribution is -2.21. The molecule has 6 rings (SSSR count). The molecule has 0 saturated carbocycles. The van der Waals surface area contributed by atoms with E-state index in [1.807, 2.05) is 18.5 Å². The molecule has 1 saturated heterocycles. The summed E-state index contributed by atoms with van der Waals surface area (Å²) in [5, 5.41) is 1.27. The summed E-state index contributed by atoms with van der Waals surface area (Å²) in [6, 6.07) is 22.0. The smallest absolute Gasteiger partial charge is 0.156 e. The molecule has 0 radical (unpaired) electrons. The van der Waals surface area contributed by atoms with Crippen molar-refractivity contribution < 1.29 is 0 Å². The maximum Gasteiger partial charge on any atom is 0.156 e. The molecule has 3 aromatic heterocycles. The Labute approximate surface area is 175 Å². The van der Waals surface area contributed by atoms with E-state index >= 15 is 0 Å². The summed E-state index contributed by atoms with van der Waals surface area (Å²) in [6.07, 6.45) is 7.15. The van der Waals surface area contributed by atoms with Gasteiger partial charge in [-0.05, 0) is 35.6 Å². The Kier molecular flexibility index (Phi) is 4.13. The van der Waals surface area contributed by atoms with E-state index in [4.69, 9.17) is 4.98 Å². The first-order chi connectivity index (χ1) is 14.8. The number of nitrogens with one attached hydrogen (secondary N) is 1. The molecule has 1 fully saturated rings. The normalized spacial score (nSPS) is 17.3. The van der Waals surface area contributed by atoms with Crippen LogP contribution in [-0.2, 0) is 6.54 Å². The zero-order valence-electron chi connectivity index (χ0n) is 16.7. The van der Waals surface area contributed by atoms with Crippen molar-refractivity contribution in [2.45, 2.75) is 19.0 Å². The average Bonchev–Trinajstić information content (AvgIpc) is 3.52. The highest BCUT2D eigenvalue weighted by molar-refractivity contribution is 5.85. The van der Waals surface area contributed by atoms with Crippen LogP contribution in [0.5, 0.6) is 0 Å². The number of likely N-dealkylation sites (tertiary alicyclic amines) is 1. The first-order valence-electron chi connectivity index (χ1n) is 10.5. The van der Waals surface area contributed by atoms with Crippen LogP contribution in [0.4, 0.5) is 0 Å². The van der Waals surface area contributed by atoms with Gasteiger partial charge in [0.2, 0.25) is 0 Å². The van der Waals surface area contributed by atoms with Crippen molar-refractivity contribution in [1.29, 1.82) is 0 Å². The van der Waals surface area contributed by atoms with Gasteiger partial charge in [-0.1, -0.05) is 42.5 Å². The van der Waals surface area contributed by atoms with Crippen molar-refractivity contribution >= 4 is 22.1 Å². The molecular formula is C25H23N5. The quantitative estimate of drug-likeness (QED) is 0.466. The van der Waals surface area contributed by atoms with E-state index in [1.165, 1.54) is 22.9 Å². The van der Waals surface area contributed by atoms with E-state index in [0.29, 0.717) is 6.04 Å². The Balaban J connectivity index is 1.29. The molecule has 5 nitrogen and oxygen atoms in total. The SMILES string of the molecule is c1ccc(CN2CCC(n3ccc4ccc(-c5cnc6[nH]ccc6n5)cc43)C2)cc1. The summed E-state index contributed by atoms with van der Waals surface area (Å²) in [7, 11) is 0. The largest absolute Gasteiger partial charge is 0.345 e. The first kappa shape index (κ1) is 17.4. The van der Waals surface area contributed by atoms with Gasteiger partial charge in [0.1, 0.15) is 5.52 Å². The number of aromatic amines is 1. The second kappa shape index (κ2) is 7.11. The number of fused-ring (bicyclic) bond motifs is 2. The molecule has 1 unspecified atom stereocenters. The number of hydrogen-bond acceptors (Lipinski definition) is 3. The second-order valence-electron chi connectivity index (χ2n) is 8.13. The lowest BCUT2D eigenvalue weighted by atomic mass is 10.1. The van der Waals surface area contributed by atoms with Crippen molar-refractivity contribution in [3.63, 3.8) is 0 Å². The number of hydrogen-bond donors (Lipinski definition) is 1. The van der Waals surface area contributed by atoms with Gasteiger partial charge in [-0.2, -0.15) is 0 Å². The summed E-state index contributed by atoms with van der Waals surface area (Å²) in [6.45, 7) is 3.24. The van der Waals surface area contributed by atoms with Crippen molar-refractivity contribution in [1.82, 2.24) is 24.4 Å². The zero-order valence-corrected chi connectivity index (χ0v) is 16.7. The van der Waals surface area contributed by atoms with Gasteiger partial charge in [-0.25, -0.2) is 9.97 Å². The topological polar surface area (TPSA) is 49.7 Å². The highest BCUT2D eigenvalue weighted by atomic mass is 15.2. The lowest BCUT2D eigenvalue weighted by molar-refractivity contribution is 0.317. The third-order valence-electron chi connectivity index (χ3n) is 6.17. The predicted octanol–water partition coefficient (Wildman–Crippen LogP) is 5.03. The fraction of sp³-hybridized carbons (Fsp3) is 0.200. The van der Waals surface area contributed by atoms with Crippen LogP contribution in [0.2, 0.25) is 0 Å². The average molecular weight is 393 g/mol. The third-order valence-corrected chi connectivity index (χ3v) is 6.17. The predicted molar refractivity (Wildman–Crippen MR) is 120 cm³/mol. The van der Waals surface area contributed by atoms with E-state index in [9.17, 15) is 0 Å². The van der Waals surface area contributed by atoms with E-state index in [-0.39, 0.29) is 0 Å². The fourth-order valence-corrected chi connectivity index (χ4v) is 4.62. The molecule has 1 atom stereocenters. The number of rotatable bonds is 4. The summed E-state index contributed by atoms with van der Waals surface area (Å²) in [4.78, 5) is 14.9. The van der Waals surface area contributed by atoms with Crippen LogP contribution in [0.3, 0.4) is 0 Å². The van der Waals surface area contributed by atoms with Crippen LogP contribution >= 0.6 is 0 Å². The van der Waals surface area contributed by atoms with Gasteiger partial charge in [-0.3, -0.25) is 4.90 Å². The van der Waals surface area contributed by atoms with Gasteiger partial charge in [-0.15, -0.1) is 0 Å². The highest BCUT2D eigenvalue weighted by Crippen LogP contribution is 2.30. The van der Waals surface area contributed by atoms with E-state index in [1.54, 1.807) is 0 Å². The lowest BCUT2D eigenvalue weighted by Gasteiger charge is -2.18. The van der Waals surface area contributed by atoms with Crippen molar-refractivity contribution in [2.75, 3.05) is 13.1 Å². The minimum absolute atomic E-state index is 0.500. The van der Waals surface area contributed by atoms with Crippen LogP contribution in [0.1, 0.15) is 18.0 Å². The Hall–Kier alpha value is -3.44. The third kappa shape index (κ3) is 3.08. The number of H-pyrrole nitrogens is 1. The molecule has 0 aliphatic carbocycles. The molecule has 148 valence electrons. The summed E-state index contributed by atoms with van der Waals surface area (Å²) in [5.74, 6) is 0. The Morgan fingerprint density at radius 2 is 1.97 bits per heavy atom. The van der Waals surface area contributed by atoms with Gasteiger partial charge in [0, 0.05) is 49.1 Å². The van der Waals surface area contributed by atoms with Gasteiger partial charge < -0.3 is 9.55 Å². The molecule has 0 bridgehead atoms. The number of benzene rings is 2. The van der Waals surface area contributed by atoms with E-state index in [2.05, 4.69) is 80.2 Å². The number of nitrogens with zero attached hydrogens (tertiary/aromatic N) is 4. The molecule has 30 heavy (non-hydrogen) atoms. The molecule has 4 heterocycles. The molecule has 1 N–H and O–H groups in total. The maximum atomic E-state index is 4.77. The zero-order chi connectivity index (χ0) is 19.9. The molecule has 1 aliphatic rings. The minimum Gasteiger partial charge on any atom is -0.345 e. The molecule has 0 amide bonds. The van der Waals surface area contributed by atoms with E-state index < -0.39 is 0 Å². The van der Waals surface area contributed by atoms with Gasteiger partial charge in [0.15, 0.2) is 5.65 Å². The van der Waals surface area contributed by atoms with Gasteiger partial charge in [0.05, 0.1) is 11.9 Å². The van der Waals surface area contributed by atoms with Crippen LogP contribution in [0, 0.1) is 0 Å². The van der Waals surface area contributed by atoms with Crippen LogP contribution in [0.15, 0.2) is 79.3 Å². The minimum atomic E-state index is 0.500. The van der Waals surface area contributed by atoms with Gasteiger partial charge in [0.25, 0.3) is 0 Å². The molecular weight excluding hydrogens is 370 g/mol. The number of aromatic nitrogens is 4. The maximum absolute atomic E-state index is 4.77. The highest BCUT2D eigenvalue weighted by Gasteiger charge is 2.24. The molecule has 1 aliphatic heterocycles. The molecule has 5 aromatic rings. The molecule has 0 spiro atoms. The van der Waals surface area contributed by atoms with Crippen molar-refractivity contribution in [2.24, 2.45) is 0 Å². The van der Waals surface area contributed by atoms with Crippen LogP contribution in [-0.4, -0.2) is 37.5 Å². The summed E-state index contributed by atoms with van der Waals surface area (Å²) >= 11 is 0. The molecule has 2 aromatic carbocycles. The Morgan fingerprint density at radius 1 is 1.03 bits per heavy atom. The Bertz CT molecular complexity index is 1320. The van der Waals surface area contributed by atoms with Crippen LogP contribution in [0.25, 0.3) is 33.3 Å². The second-order valence-corrected chi connectivity index (χ2v) is 8.13. The monoisotopic (exact) mass is 393 g/mol. The standard InChI is InChI=1S/C25H23N5/c1-2-4-18(5-3-1)16-29-12-10-21(17-29)30-13-9-19-6-7-20(14-24(19)30)23-15-27-25-22(28-23)8-11-26-25/h1-9,11,13-15,21H,10,12,16-17H2,(H,26,27). The summed E-state index contributed by atoms with van der Waals surface area (Å²) in [5.41, 5.74) is 6.40.